The van der Waals surface area contributed by atoms with Crippen LogP contribution in [0.4, 0.5) is 17.6 Å². The van der Waals surface area contributed by atoms with Crippen LogP contribution in [-0.4, -0.2) is 6.21 Å². The summed E-state index contributed by atoms with van der Waals surface area (Å²) in [6, 6.07) is 1.75. The van der Waals surface area contributed by atoms with Gasteiger partial charge in [0.25, 0.3) is 0 Å². The monoisotopic (exact) mass is 269 g/mol. The average molecular weight is 270 g/mol. The number of halogens is 5. The zero-order chi connectivity index (χ0) is 10.9. The molecule has 0 aliphatic rings. The van der Waals surface area contributed by atoms with Gasteiger partial charge in [0.15, 0.2) is 0 Å². The lowest BCUT2D eigenvalue weighted by molar-refractivity contribution is -0.140. The number of benzene rings is 1. The van der Waals surface area contributed by atoms with E-state index < -0.39 is 23.1 Å². The van der Waals surface area contributed by atoms with Crippen LogP contribution in [0.15, 0.2) is 16.6 Å². The molecule has 0 aromatic heterocycles. The van der Waals surface area contributed by atoms with Crippen LogP contribution in [-0.2, 0) is 6.18 Å². The maximum absolute atomic E-state index is 13.1. The maximum atomic E-state index is 13.1. The highest BCUT2D eigenvalue weighted by Gasteiger charge is 2.35. The van der Waals surface area contributed by atoms with Crippen molar-refractivity contribution in [2.75, 3.05) is 0 Å². The topological polar surface area (TPSA) is 23.9 Å². The Morgan fingerprint density at radius 2 is 1.86 bits per heavy atom. The summed E-state index contributed by atoms with van der Waals surface area (Å²) in [7, 11) is 0. The number of hydrogen-bond acceptors (Lipinski definition) is 1. The molecule has 0 heterocycles. The summed E-state index contributed by atoms with van der Waals surface area (Å²) in [5.74, 6) is -1.42. The van der Waals surface area contributed by atoms with E-state index in [0.717, 1.165) is 6.07 Å². The summed E-state index contributed by atoms with van der Waals surface area (Å²) >= 11 is 2.81. The molecule has 0 spiro atoms. The lowest BCUT2D eigenvalue weighted by atomic mass is 10.1. The molecule has 0 fully saturated rings. The number of alkyl halides is 3. The fourth-order valence-corrected chi connectivity index (χ4v) is 1.40. The zero-order valence-electron chi connectivity index (χ0n) is 6.62. The van der Waals surface area contributed by atoms with Crippen LogP contribution < -0.4 is 0 Å². The van der Waals surface area contributed by atoms with E-state index >= 15 is 0 Å². The molecule has 0 saturated carbocycles. The van der Waals surface area contributed by atoms with Crippen LogP contribution in [0, 0.1) is 11.2 Å². The van der Waals surface area contributed by atoms with Crippen molar-refractivity contribution in [3.05, 3.63) is 33.5 Å². The second kappa shape index (κ2) is 3.68. The van der Waals surface area contributed by atoms with Gasteiger partial charge in [-0.2, -0.15) is 13.2 Å². The molecule has 14 heavy (non-hydrogen) atoms. The zero-order valence-corrected chi connectivity index (χ0v) is 8.21. The predicted octanol–water partition coefficient (Wildman–Crippen LogP) is 3.60. The fourth-order valence-electron chi connectivity index (χ4n) is 0.922. The minimum atomic E-state index is -4.74. The molecule has 0 saturated heterocycles. The molecule has 0 aliphatic carbocycles. The van der Waals surface area contributed by atoms with Gasteiger partial charge in [0.1, 0.15) is 5.82 Å². The first-order chi connectivity index (χ1) is 6.36. The molecule has 0 atom stereocenters. The van der Waals surface area contributed by atoms with Gasteiger partial charge in [0, 0.05) is 16.3 Å². The Morgan fingerprint density at radius 3 is 2.29 bits per heavy atom. The highest BCUT2D eigenvalue weighted by molar-refractivity contribution is 9.10. The van der Waals surface area contributed by atoms with E-state index in [-0.39, 0.29) is 4.47 Å². The van der Waals surface area contributed by atoms with Gasteiger partial charge in [0.05, 0.1) is 5.56 Å². The molecular weight excluding hydrogens is 266 g/mol. The lowest BCUT2D eigenvalue weighted by Crippen LogP contribution is -2.10. The van der Waals surface area contributed by atoms with Crippen molar-refractivity contribution < 1.29 is 17.6 Å². The third-order valence-electron chi connectivity index (χ3n) is 1.53. The Balaban J connectivity index is 3.44. The summed E-state index contributed by atoms with van der Waals surface area (Å²) in [5.41, 5.74) is -1.77. The van der Waals surface area contributed by atoms with Crippen LogP contribution in [0.2, 0.25) is 0 Å². The standard InChI is InChI=1S/C8H4BrF4N/c9-5-1-4(3-14)7(10)6(2-5)8(11,12)13/h1-3,14H. The van der Waals surface area contributed by atoms with Gasteiger partial charge in [-0.15, -0.1) is 0 Å². The van der Waals surface area contributed by atoms with E-state index in [1.165, 1.54) is 0 Å². The van der Waals surface area contributed by atoms with Crippen LogP contribution >= 0.6 is 15.9 Å². The van der Waals surface area contributed by atoms with Crippen molar-refractivity contribution in [1.29, 1.82) is 5.41 Å². The van der Waals surface area contributed by atoms with Gasteiger partial charge >= 0.3 is 6.18 Å². The van der Waals surface area contributed by atoms with Crippen LogP contribution in [0.5, 0.6) is 0 Å². The molecular formula is C8H4BrF4N. The molecule has 1 N–H and O–H groups in total. The van der Waals surface area contributed by atoms with Gasteiger partial charge in [0.2, 0.25) is 0 Å². The normalized spacial score (nSPS) is 11.5. The molecule has 0 radical (unpaired) electrons. The van der Waals surface area contributed by atoms with Crippen molar-refractivity contribution in [3.8, 4) is 0 Å². The van der Waals surface area contributed by atoms with Crippen molar-refractivity contribution in [3.63, 3.8) is 0 Å². The Hall–Kier alpha value is -0.910. The molecule has 76 valence electrons. The molecule has 1 rings (SSSR count). The van der Waals surface area contributed by atoms with Gasteiger partial charge in [-0.25, -0.2) is 4.39 Å². The summed E-state index contributed by atoms with van der Waals surface area (Å²) in [6.45, 7) is 0. The summed E-state index contributed by atoms with van der Waals surface area (Å²) < 4.78 is 49.8. The SMILES string of the molecule is N=Cc1cc(Br)cc(C(F)(F)F)c1F. The first-order valence-electron chi connectivity index (χ1n) is 3.43. The molecule has 0 amide bonds. The van der Waals surface area contributed by atoms with E-state index in [0.29, 0.717) is 12.3 Å². The summed E-state index contributed by atoms with van der Waals surface area (Å²) in [5, 5.41) is 6.73. The minimum Gasteiger partial charge on any atom is -0.308 e. The predicted molar refractivity (Wildman–Crippen MR) is 47.0 cm³/mol. The van der Waals surface area contributed by atoms with Gasteiger partial charge < -0.3 is 5.41 Å². The van der Waals surface area contributed by atoms with Gasteiger partial charge in [-0.05, 0) is 12.1 Å². The Bertz CT molecular complexity index is 372. The first-order valence-corrected chi connectivity index (χ1v) is 4.22. The van der Waals surface area contributed by atoms with Crippen molar-refractivity contribution in [2.24, 2.45) is 0 Å². The third-order valence-corrected chi connectivity index (χ3v) is 1.98. The van der Waals surface area contributed by atoms with E-state index in [2.05, 4.69) is 15.9 Å². The Kier molecular flexibility index (Phi) is 2.94. The maximum Gasteiger partial charge on any atom is 0.419 e. The average Bonchev–Trinajstić information content (AvgIpc) is 2.06. The van der Waals surface area contributed by atoms with Crippen molar-refractivity contribution in [1.82, 2.24) is 0 Å². The smallest absolute Gasteiger partial charge is 0.308 e. The van der Waals surface area contributed by atoms with Crippen LogP contribution in [0.25, 0.3) is 0 Å². The molecule has 0 aliphatic heterocycles. The number of rotatable bonds is 1. The fraction of sp³-hybridized carbons (Fsp3) is 0.125. The summed E-state index contributed by atoms with van der Waals surface area (Å²) in [4.78, 5) is 0. The van der Waals surface area contributed by atoms with Crippen molar-refractivity contribution in [2.45, 2.75) is 6.18 Å². The van der Waals surface area contributed by atoms with Gasteiger partial charge in [-0.1, -0.05) is 15.9 Å². The van der Waals surface area contributed by atoms with E-state index in [1.54, 1.807) is 0 Å². The van der Waals surface area contributed by atoms with Crippen molar-refractivity contribution >= 4 is 22.1 Å². The Morgan fingerprint density at radius 1 is 1.29 bits per heavy atom. The molecule has 0 unspecified atom stereocenters. The largest absolute Gasteiger partial charge is 0.419 e. The highest BCUT2D eigenvalue weighted by atomic mass is 79.9. The molecule has 1 aromatic rings. The second-order valence-corrected chi connectivity index (χ2v) is 3.41. The van der Waals surface area contributed by atoms with E-state index in [9.17, 15) is 17.6 Å². The highest BCUT2D eigenvalue weighted by Crippen LogP contribution is 2.34. The first kappa shape index (κ1) is 11.2. The second-order valence-electron chi connectivity index (χ2n) is 2.50. The molecule has 1 nitrogen and oxygen atoms in total. The molecule has 6 heteroatoms. The van der Waals surface area contributed by atoms with Crippen LogP contribution in [0.1, 0.15) is 11.1 Å². The Labute approximate surface area is 85.4 Å². The van der Waals surface area contributed by atoms with Crippen LogP contribution in [0.3, 0.4) is 0 Å². The quantitative estimate of drug-likeness (QED) is 0.595. The lowest BCUT2D eigenvalue weighted by Gasteiger charge is -2.09. The molecule has 0 bridgehead atoms. The number of nitrogens with one attached hydrogen (secondary N) is 1. The van der Waals surface area contributed by atoms with E-state index in [4.69, 9.17) is 5.41 Å². The molecule has 1 aromatic carbocycles. The van der Waals surface area contributed by atoms with Gasteiger partial charge in [-0.3, -0.25) is 0 Å². The number of hydrogen-bond donors (Lipinski definition) is 1. The summed E-state index contributed by atoms with van der Waals surface area (Å²) in [6.07, 6.45) is -4.21. The van der Waals surface area contributed by atoms with E-state index in [1.807, 2.05) is 0 Å². The third kappa shape index (κ3) is 2.12. The minimum absolute atomic E-state index is 0.0877.